The summed E-state index contributed by atoms with van der Waals surface area (Å²) in [6.07, 6.45) is 7.39. The zero-order chi connectivity index (χ0) is 17.4. The van der Waals surface area contributed by atoms with Gasteiger partial charge in [-0.2, -0.15) is 5.26 Å². The van der Waals surface area contributed by atoms with Gasteiger partial charge in [0.2, 0.25) is 5.91 Å². The predicted molar refractivity (Wildman–Crippen MR) is 90.7 cm³/mol. The molecule has 1 amide bonds. The maximum Gasteiger partial charge on any atom is 0.220 e. The Bertz CT molecular complexity index is 715. The van der Waals surface area contributed by atoms with Crippen LogP contribution >= 0.6 is 0 Å². The molecule has 7 heteroatoms. The molecule has 1 spiro atoms. The van der Waals surface area contributed by atoms with E-state index >= 15 is 0 Å². The molecule has 3 heterocycles. The fraction of sp³-hybridized carbons (Fsp3) is 0.667. The van der Waals surface area contributed by atoms with Gasteiger partial charge in [-0.15, -0.1) is 0 Å². The van der Waals surface area contributed by atoms with Crippen LogP contribution < -0.4 is 10.2 Å². The predicted octanol–water partition coefficient (Wildman–Crippen LogP) is 0.911. The third-order valence-corrected chi connectivity index (χ3v) is 5.75. The van der Waals surface area contributed by atoms with E-state index in [1.54, 1.807) is 6.20 Å². The quantitative estimate of drug-likeness (QED) is 0.847. The Kier molecular flexibility index (Phi) is 4.08. The summed E-state index contributed by atoms with van der Waals surface area (Å²) >= 11 is 0. The van der Waals surface area contributed by atoms with E-state index in [0.717, 1.165) is 44.3 Å². The van der Waals surface area contributed by atoms with Gasteiger partial charge in [-0.25, -0.2) is 9.97 Å². The third-order valence-electron chi connectivity index (χ3n) is 5.75. The van der Waals surface area contributed by atoms with Crippen LogP contribution in [0.3, 0.4) is 0 Å². The number of carbonyl (C=O) groups excluding carboxylic acids is 1. The number of nitrogens with one attached hydrogen (secondary N) is 1. The van der Waals surface area contributed by atoms with Crippen LogP contribution in [0, 0.1) is 17.2 Å². The fourth-order valence-corrected chi connectivity index (χ4v) is 4.28. The first kappa shape index (κ1) is 16.3. The molecular weight excluding hydrogens is 318 g/mol. The van der Waals surface area contributed by atoms with E-state index in [0.29, 0.717) is 36.8 Å². The van der Waals surface area contributed by atoms with Crippen LogP contribution in [-0.4, -0.2) is 45.7 Å². The van der Waals surface area contributed by atoms with Gasteiger partial charge in [-0.05, 0) is 38.0 Å². The second-order valence-electron chi connectivity index (χ2n) is 7.70. The molecule has 2 aliphatic heterocycles. The van der Waals surface area contributed by atoms with Crippen molar-refractivity contribution in [2.45, 2.75) is 56.6 Å². The highest BCUT2D eigenvalue weighted by atomic mass is 16.3. The summed E-state index contributed by atoms with van der Waals surface area (Å²) in [5.74, 6) is 2.07. The van der Waals surface area contributed by atoms with Gasteiger partial charge in [-0.3, -0.25) is 4.79 Å². The second-order valence-corrected chi connectivity index (χ2v) is 7.70. The highest BCUT2D eigenvalue weighted by Gasteiger charge is 2.48. The molecule has 1 aromatic rings. The largest absolute Gasteiger partial charge is 0.393 e. The van der Waals surface area contributed by atoms with Crippen molar-refractivity contribution < 1.29 is 9.90 Å². The molecule has 0 radical (unpaired) electrons. The average Bonchev–Trinajstić information content (AvgIpc) is 2.98. The molecule has 7 nitrogen and oxygen atoms in total. The summed E-state index contributed by atoms with van der Waals surface area (Å²) in [5, 5.41) is 22.1. The highest BCUT2D eigenvalue weighted by Crippen LogP contribution is 2.35. The molecule has 1 saturated carbocycles. The molecule has 2 saturated heterocycles. The van der Waals surface area contributed by atoms with E-state index in [2.05, 4.69) is 26.3 Å². The Balaban J connectivity index is 1.46. The number of amides is 1. The molecule has 0 aromatic carbocycles. The lowest BCUT2D eigenvalue weighted by molar-refractivity contribution is -0.119. The first-order valence-electron chi connectivity index (χ1n) is 9.07. The molecule has 0 atom stereocenters. The molecule has 0 unspecified atom stereocenters. The number of nitrogens with zero attached hydrogens (tertiary/aromatic N) is 4. The lowest BCUT2D eigenvalue weighted by Gasteiger charge is -2.48. The molecule has 2 N–H and O–H groups in total. The van der Waals surface area contributed by atoms with Gasteiger partial charge >= 0.3 is 0 Å². The fourth-order valence-electron chi connectivity index (χ4n) is 4.28. The summed E-state index contributed by atoms with van der Waals surface area (Å²) in [6, 6.07) is 2.18. The smallest absolute Gasteiger partial charge is 0.220 e. The number of hydrogen-bond acceptors (Lipinski definition) is 6. The first-order valence-corrected chi connectivity index (χ1v) is 9.07. The van der Waals surface area contributed by atoms with Crippen LogP contribution in [0.5, 0.6) is 0 Å². The van der Waals surface area contributed by atoms with Crippen LogP contribution in [0.25, 0.3) is 0 Å². The number of aliphatic hydroxyl groups excluding tert-OH is 1. The summed E-state index contributed by atoms with van der Waals surface area (Å²) in [7, 11) is 0. The number of aliphatic hydroxyl groups is 1. The van der Waals surface area contributed by atoms with Gasteiger partial charge in [0.05, 0.1) is 17.8 Å². The maximum absolute atomic E-state index is 11.5. The van der Waals surface area contributed by atoms with Crippen molar-refractivity contribution in [3.8, 4) is 6.07 Å². The van der Waals surface area contributed by atoms with E-state index in [4.69, 9.17) is 0 Å². The minimum absolute atomic E-state index is 0.114. The molecule has 1 aliphatic carbocycles. The van der Waals surface area contributed by atoms with E-state index in [1.165, 1.54) is 0 Å². The Morgan fingerprint density at radius 1 is 1.36 bits per heavy atom. The molecule has 25 heavy (non-hydrogen) atoms. The lowest BCUT2D eigenvalue weighted by Crippen LogP contribution is -2.67. The molecule has 3 fully saturated rings. The zero-order valence-corrected chi connectivity index (χ0v) is 14.2. The van der Waals surface area contributed by atoms with Crippen molar-refractivity contribution in [2.75, 3.05) is 18.0 Å². The van der Waals surface area contributed by atoms with Crippen molar-refractivity contribution in [3.63, 3.8) is 0 Å². The molecular formula is C18H23N5O2. The number of rotatable bonds is 3. The number of aromatic nitrogens is 2. The molecule has 4 rings (SSSR count). The monoisotopic (exact) mass is 341 g/mol. The van der Waals surface area contributed by atoms with Gasteiger partial charge in [0.15, 0.2) is 0 Å². The SMILES string of the molecule is N#Cc1cnc(CC2CCC(O)CC2)nc1N1CC2(CCC(=O)N2)C1. The van der Waals surface area contributed by atoms with Crippen LogP contribution in [-0.2, 0) is 11.2 Å². The van der Waals surface area contributed by atoms with Crippen LogP contribution in [0.2, 0.25) is 0 Å². The summed E-state index contributed by atoms with van der Waals surface area (Å²) < 4.78 is 0. The maximum atomic E-state index is 11.5. The van der Waals surface area contributed by atoms with E-state index in [-0.39, 0.29) is 17.6 Å². The summed E-state index contributed by atoms with van der Waals surface area (Å²) in [5.41, 5.74) is 0.357. The van der Waals surface area contributed by atoms with Gasteiger partial charge in [0.1, 0.15) is 23.3 Å². The first-order chi connectivity index (χ1) is 12.1. The molecule has 1 aromatic heterocycles. The Morgan fingerprint density at radius 2 is 2.12 bits per heavy atom. The van der Waals surface area contributed by atoms with E-state index in [1.807, 2.05) is 0 Å². The Hall–Kier alpha value is -2.20. The summed E-state index contributed by atoms with van der Waals surface area (Å²) in [6.45, 7) is 1.42. The number of hydrogen-bond donors (Lipinski definition) is 2. The number of nitriles is 1. The second kappa shape index (κ2) is 6.26. The average molecular weight is 341 g/mol. The highest BCUT2D eigenvalue weighted by molar-refractivity contribution is 5.80. The van der Waals surface area contributed by atoms with Crippen molar-refractivity contribution >= 4 is 11.7 Å². The van der Waals surface area contributed by atoms with Crippen LogP contribution in [0.15, 0.2) is 6.20 Å². The van der Waals surface area contributed by atoms with E-state index in [9.17, 15) is 15.2 Å². The molecule has 0 bridgehead atoms. The van der Waals surface area contributed by atoms with Crippen molar-refractivity contribution in [2.24, 2.45) is 5.92 Å². The van der Waals surface area contributed by atoms with Gasteiger partial charge in [-0.1, -0.05) is 0 Å². The summed E-state index contributed by atoms with van der Waals surface area (Å²) in [4.78, 5) is 22.6. The topological polar surface area (TPSA) is 102 Å². The lowest BCUT2D eigenvalue weighted by atomic mass is 9.85. The minimum atomic E-state index is -0.160. The third kappa shape index (κ3) is 3.19. The van der Waals surface area contributed by atoms with Crippen molar-refractivity contribution in [1.29, 1.82) is 5.26 Å². The van der Waals surface area contributed by atoms with Crippen LogP contribution in [0.4, 0.5) is 5.82 Å². The molecule has 132 valence electrons. The van der Waals surface area contributed by atoms with Gasteiger partial charge in [0.25, 0.3) is 0 Å². The number of anilines is 1. The molecule has 3 aliphatic rings. The van der Waals surface area contributed by atoms with Crippen molar-refractivity contribution in [3.05, 3.63) is 17.6 Å². The Labute approximate surface area is 147 Å². The van der Waals surface area contributed by atoms with E-state index < -0.39 is 0 Å². The standard InChI is InChI=1S/C18H23N5O2/c19-8-13-9-20-15(7-12-1-3-14(24)4-2-12)21-17(13)23-10-18(11-23)6-5-16(25)22-18/h9,12,14,24H,1-7,10-11H2,(H,22,25). The zero-order valence-electron chi connectivity index (χ0n) is 14.2. The minimum Gasteiger partial charge on any atom is -0.393 e. The Morgan fingerprint density at radius 3 is 2.76 bits per heavy atom. The van der Waals surface area contributed by atoms with Crippen molar-refractivity contribution in [1.82, 2.24) is 15.3 Å². The van der Waals surface area contributed by atoms with Crippen LogP contribution in [0.1, 0.15) is 49.9 Å². The van der Waals surface area contributed by atoms with Gasteiger partial charge in [0, 0.05) is 25.9 Å². The van der Waals surface area contributed by atoms with Gasteiger partial charge < -0.3 is 15.3 Å². The number of carbonyl (C=O) groups is 1. The normalized spacial score (nSPS) is 27.7.